The highest BCUT2D eigenvalue weighted by molar-refractivity contribution is 6.30. The van der Waals surface area contributed by atoms with Gasteiger partial charge in [0, 0.05) is 28.7 Å². The van der Waals surface area contributed by atoms with Crippen LogP contribution in [0.25, 0.3) is 0 Å². The molecule has 0 saturated heterocycles. The second kappa shape index (κ2) is 8.27. The van der Waals surface area contributed by atoms with Gasteiger partial charge in [-0.05, 0) is 30.3 Å². The number of hydrogen-bond acceptors (Lipinski definition) is 5. The summed E-state index contributed by atoms with van der Waals surface area (Å²) in [6.07, 6.45) is 3.03. The lowest BCUT2D eigenvalue weighted by Crippen LogP contribution is -2.29. The molecule has 0 aliphatic carbocycles. The molecule has 0 spiro atoms. The maximum atomic E-state index is 14.5. The van der Waals surface area contributed by atoms with Gasteiger partial charge in [-0.2, -0.15) is 0 Å². The monoisotopic (exact) mass is 401 g/mol. The number of anilines is 1. The van der Waals surface area contributed by atoms with E-state index in [0.29, 0.717) is 10.7 Å². The Morgan fingerprint density at radius 3 is 1.96 bits per heavy atom. The zero-order valence-corrected chi connectivity index (χ0v) is 15.9. The zero-order chi connectivity index (χ0) is 20.3. The van der Waals surface area contributed by atoms with Crippen molar-refractivity contribution in [3.8, 4) is 0 Å². The van der Waals surface area contributed by atoms with Gasteiger partial charge in [0.15, 0.2) is 0 Å². The summed E-state index contributed by atoms with van der Waals surface area (Å²) in [5, 5.41) is 0.541. The molecular formula is C21H17ClFNO4. The van der Waals surface area contributed by atoms with Crippen LogP contribution in [0.3, 0.4) is 0 Å². The van der Waals surface area contributed by atoms with Gasteiger partial charge < -0.3 is 14.4 Å². The van der Waals surface area contributed by atoms with Crippen molar-refractivity contribution >= 4 is 29.2 Å². The van der Waals surface area contributed by atoms with E-state index in [1.165, 1.54) is 44.8 Å². The molecule has 7 heteroatoms. The van der Waals surface area contributed by atoms with Crippen LogP contribution in [0.1, 0.15) is 11.5 Å². The van der Waals surface area contributed by atoms with E-state index in [9.17, 15) is 14.0 Å². The predicted molar refractivity (Wildman–Crippen MR) is 103 cm³/mol. The Hall–Kier alpha value is -3.12. The number of carbonyl (C=O) groups excluding carboxylic acids is 2. The standard InChI is InChI=1S/C21H17ClFNO4/c1-27-20(25)16-11-24(14-9-7-13(22)8-10-14)12-17(21(26)28-2)19(16)15-5-3-4-6-18(15)23/h3-12,19H,1-2H3. The third-order valence-corrected chi connectivity index (χ3v) is 4.61. The average molecular weight is 402 g/mol. The van der Waals surface area contributed by atoms with E-state index in [1.54, 1.807) is 35.2 Å². The fraction of sp³-hybridized carbons (Fsp3) is 0.143. The first kappa shape index (κ1) is 19.6. The van der Waals surface area contributed by atoms with Gasteiger partial charge in [0.05, 0.1) is 31.3 Å². The van der Waals surface area contributed by atoms with Crippen LogP contribution in [-0.4, -0.2) is 26.2 Å². The lowest BCUT2D eigenvalue weighted by Gasteiger charge is -2.30. The fourth-order valence-electron chi connectivity index (χ4n) is 3.04. The highest BCUT2D eigenvalue weighted by Crippen LogP contribution is 2.39. The Bertz CT molecular complexity index is 935. The van der Waals surface area contributed by atoms with Crippen LogP contribution in [-0.2, 0) is 19.1 Å². The molecule has 0 aromatic heterocycles. The Balaban J connectivity index is 2.19. The first-order valence-electron chi connectivity index (χ1n) is 8.34. The summed E-state index contributed by atoms with van der Waals surface area (Å²) in [7, 11) is 2.45. The van der Waals surface area contributed by atoms with Gasteiger partial charge in [0.1, 0.15) is 5.82 Å². The van der Waals surface area contributed by atoms with E-state index >= 15 is 0 Å². The molecule has 0 saturated carbocycles. The SMILES string of the molecule is COC(=O)C1=CN(c2ccc(Cl)cc2)C=C(C(=O)OC)C1c1ccccc1F. The summed E-state index contributed by atoms with van der Waals surface area (Å²) >= 11 is 5.94. The summed E-state index contributed by atoms with van der Waals surface area (Å²) < 4.78 is 24.3. The van der Waals surface area contributed by atoms with E-state index in [1.807, 2.05) is 0 Å². The third-order valence-electron chi connectivity index (χ3n) is 4.36. The van der Waals surface area contributed by atoms with Crippen molar-refractivity contribution in [2.24, 2.45) is 0 Å². The number of methoxy groups -OCH3 is 2. The van der Waals surface area contributed by atoms with Gasteiger partial charge in [-0.1, -0.05) is 29.8 Å². The van der Waals surface area contributed by atoms with Gasteiger partial charge >= 0.3 is 11.9 Å². The number of halogens is 2. The minimum absolute atomic E-state index is 0.102. The quantitative estimate of drug-likeness (QED) is 0.719. The minimum atomic E-state index is -0.968. The van der Waals surface area contributed by atoms with Gasteiger partial charge in [-0.15, -0.1) is 0 Å². The highest BCUT2D eigenvalue weighted by atomic mass is 35.5. The molecule has 0 radical (unpaired) electrons. The summed E-state index contributed by atoms with van der Waals surface area (Å²) in [5.41, 5.74) is 1.03. The second-order valence-corrected chi connectivity index (χ2v) is 6.43. The molecule has 0 bridgehead atoms. The van der Waals surface area contributed by atoms with Crippen LogP contribution >= 0.6 is 11.6 Å². The number of ether oxygens (including phenoxy) is 2. The largest absolute Gasteiger partial charge is 0.466 e. The average Bonchev–Trinajstić information content (AvgIpc) is 2.72. The molecule has 1 aliphatic rings. The van der Waals surface area contributed by atoms with Crippen molar-refractivity contribution in [1.82, 2.24) is 0 Å². The van der Waals surface area contributed by atoms with Crippen molar-refractivity contribution < 1.29 is 23.5 Å². The maximum absolute atomic E-state index is 14.5. The molecule has 0 N–H and O–H groups in total. The summed E-state index contributed by atoms with van der Waals surface area (Å²) in [6, 6.07) is 12.8. The lowest BCUT2D eigenvalue weighted by atomic mass is 9.83. The van der Waals surface area contributed by atoms with Crippen LogP contribution in [0.15, 0.2) is 72.1 Å². The van der Waals surface area contributed by atoms with E-state index in [4.69, 9.17) is 21.1 Å². The number of carbonyl (C=O) groups is 2. The maximum Gasteiger partial charge on any atom is 0.336 e. The van der Waals surface area contributed by atoms with Crippen molar-refractivity contribution in [1.29, 1.82) is 0 Å². The van der Waals surface area contributed by atoms with E-state index in [2.05, 4.69) is 0 Å². The minimum Gasteiger partial charge on any atom is -0.466 e. The molecule has 28 heavy (non-hydrogen) atoms. The Kier molecular flexibility index (Phi) is 5.80. The van der Waals surface area contributed by atoms with Crippen LogP contribution in [0, 0.1) is 5.82 Å². The van der Waals surface area contributed by atoms with Crippen molar-refractivity contribution in [3.05, 3.63) is 88.5 Å². The number of hydrogen-bond donors (Lipinski definition) is 0. The van der Waals surface area contributed by atoms with Crippen molar-refractivity contribution in [2.45, 2.75) is 5.92 Å². The van der Waals surface area contributed by atoms with E-state index < -0.39 is 23.7 Å². The number of esters is 2. The van der Waals surface area contributed by atoms with E-state index in [-0.39, 0.29) is 16.7 Å². The number of nitrogens with zero attached hydrogens (tertiary/aromatic N) is 1. The van der Waals surface area contributed by atoms with Crippen LogP contribution in [0.2, 0.25) is 5.02 Å². The van der Waals surface area contributed by atoms with Gasteiger partial charge in [0.2, 0.25) is 0 Å². The molecule has 0 unspecified atom stereocenters. The highest BCUT2D eigenvalue weighted by Gasteiger charge is 2.36. The van der Waals surface area contributed by atoms with Crippen LogP contribution in [0.4, 0.5) is 10.1 Å². The Morgan fingerprint density at radius 1 is 0.929 bits per heavy atom. The molecule has 0 fully saturated rings. The van der Waals surface area contributed by atoms with Gasteiger partial charge in [0.25, 0.3) is 0 Å². The first-order valence-corrected chi connectivity index (χ1v) is 8.72. The van der Waals surface area contributed by atoms with Gasteiger partial charge in [-0.25, -0.2) is 14.0 Å². The molecule has 144 valence electrons. The van der Waals surface area contributed by atoms with Crippen LogP contribution < -0.4 is 4.90 Å². The predicted octanol–water partition coefficient (Wildman–Crippen LogP) is 4.20. The topological polar surface area (TPSA) is 55.8 Å². The summed E-state index contributed by atoms with van der Waals surface area (Å²) in [4.78, 5) is 26.6. The second-order valence-electron chi connectivity index (χ2n) is 5.99. The third kappa shape index (κ3) is 3.77. The number of benzene rings is 2. The van der Waals surface area contributed by atoms with Crippen molar-refractivity contribution in [2.75, 3.05) is 19.1 Å². The van der Waals surface area contributed by atoms with E-state index in [0.717, 1.165) is 0 Å². The lowest BCUT2D eigenvalue weighted by molar-refractivity contribution is -0.137. The van der Waals surface area contributed by atoms with Gasteiger partial charge in [-0.3, -0.25) is 0 Å². The molecular weight excluding hydrogens is 385 g/mol. The first-order chi connectivity index (χ1) is 13.5. The number of rotatable bonds is 4. The summed E-state index contributed by atoms with van der Waals surface area (Å²) in [6.45, 7) is 0. The molecule has 5 nitrogen and oxygen atoms in total. The molecule has 1 aliphatic heterocycles. The molecule has 2 aromatic rings. The normalized spacial score (nSPS) is 14.2. The fourth-order valence-corrected chi connectivity index (χ4v) is 3.16. The smallest absolute Gasteiger partial charge is 0.336 e. The molecule has 3 rings (SSSR count). The molecule has 2 aromatic carbocycles. The molecule has 0 amide bonds. The summed E-state index contributed by atoms with van der Waals surface area (Å²) in [5.74, 6) is -2.87. The Labute approximate surface area is 166 Å². The van der Waals surface area contributed by atoms with Crippen molar-refractivity contribution in [3.63, 3.8) is 0 Å². The molecule has 1 heterocycles. The van der Waals surface area contributed by atoms with Crippen LogP contribution in [0.5, 0.6) is 0 Å². The zero-order valence-electron chi connectivity index (χ0n) is 15.2. The Morgan fingerprint density at radius 2 is 1.46 bits per heavy atom. The molecule has 0 atom stereocenters.